The number of carbonyl (C=O) groups is 1. The summed E-state index contributed by atoms with van der Waals surface area (Å²) in [5.41, 5.74) is 2.78. The number of hydrogen-bond acceptors (Lipinski definition) is 3. The number of fused-ring (bicyclic) bond motifs is 1. The van der Waals surface area contributed by atoms with Crippen LogP contribution >= 0.6 is 0 Å². The lowest BCUT2D eigenvalue weighted by molar-refractivity contribution is -0.112. The zero-order valence-electron chi connectivity index (χ0n) is 15.9. The molecule has 0 aromatic heterocycles. The Bertz CT molecular complexity index is 1020. The molecule has 0 saturated carbocycles. The number of unbranched alkanes of at least 4 members (excludes halogenated alkanes) is 1. The number of rotatable bonds is 7. The maximum absolute atomic E-state index is 12.4. The van der Waals surface area contributed by atoms with Crippen LogP contribution in [0.1, 0.15) is 25.3 Å². The van der Waals surface area contributed by atoms with E-state index in [0.717, 1.165) is 35.7 Å². The molecule has 2 N–H and O–H groups in total. The van der Waals surface area contributed by atoms with E-state index in [1.54, 1.807) is 0 Å². The van der Waals surface area contributed by atoms with Crippen molar-refractivity contribution in [2.75, 3.05) is 10.6 Å². The number of hydrogen-bond donors (Lipinski definition) is 2. The number of benzene rings is 3. The molecule has 0 heterocycles. The van der Waals surface area contributed by atoms with Gasteiger partial charge in [0, 0.05) is 23.0 Å². The van der Waals surface area contributed by atoms with Gasteiger partial charge in [0.2, 0.25) is 0 Å². The van der Waals surface area contributed by atoms with Gasteiger partial charge >= 0.3 is 0 Å². The molecule has 0 radical (unpaired) electrons. The van der Waals surface area contributed by atoms with Gasteiger partial charge < -0.3 is 10.6 Å². The third-order valence-electron chi connectivity index (χ3n) is 4.56. The highest BCUT2D eigenvalue weighted by Gasteiger charge is 2.10. The van der Waals surface area contributed by atoms with Crippen LogP contribution in [0, 0.1) is 11.3 Å². The van der Waals surface area contributed by atoms with Crippen LogP contribution in [-0.2, 0) is 11.2 Å². The van der Waals surface area contributed by atoms with E-state index in [-0.39, 0.29) is 5.57 Å². The van der Waals surface area contributed by atoms with E-state index < -0.39 is 5.91 Å². The fourth-order valence-corrected chi connectivity index (χ4v) is 2.98. The summed E-state index contributed by atoms with van der Waals surface area (Å²) in [5, 5.41) is 17.4. The van der Waals surface area contributed by atoms with Crippen LogP contribution < -0.4 is 10.6 Å². The van der Waals surface area contributed by atoms with E-state index in [1.165, 1.54) is 11.8 Å². The molecule has 0 aliphatic carbocycles. The number of aryl methyl sites for hydroxylation is 1. The maximum Gasteiger partial charge on any atom is 0.267 e. The zero-order chi connectivity index (χ0) is 19.8. The predicted molar refractivity (Wildman–Crippen MR) is 115 cm³/mol. The molecule has 0 atom stereocenters. The molecule has 0 aliphatic heterocycles. The van der Waals surface area contributed by atoms with Crippen LogP contribution in [0.4, 0.5) is 11.4 Å². The Morgan fingerprint density at radius 3 is 2.54 bits per heavy atom. The van der Waals surface area contributed by atoms with Crippen molar-refractivity contribution in [3.05, 3.63) is 84.1 Å². The first kappa shape index (κ1) is 19.2. The number of anilines is 2. The second kappa shape index (κ2) is 9.38. The van der Waals surface area contributed by atoms with Crippen molar-refractivity contribution in [2.45, 2.75) is 26.2 Å². The SMILES string of the molecule is CCCCc1ccc(NC(=O)/C(C#N)=C\Nc2cccc3ccccc23)cc1. The van der Waals surface area contributed by atoms with Gasteiger partial charge in [-0.25, -0.2) is 0 Å². The molecule has 0 unspecified atom stereocenters. The van der Waals surface area contributed by atoms with Crippen molar-refractivity contribution in [1.82, 2.24) is 0 Å². The van der Waals surface area contributed by atoms with E-state index in [9.17, 15) is 10.1 Å². The molecule has 4 nitrogen and oxygen atoms in total. The molecule has 0 bridgehead atoms. The second-order valence-electron chi connectivity index (χ2n) is 6.60. The summed E-state index contributed by atoms with van der Waals surface area (Å²) >= 11 is 0. The van der Waals surface area contributed by atoms with Crippen molar-refractivity contribution in [1.29, 1.82) is 5.26 Å². The van der Waals surface area contributed by atoms with Gasteiger partial charge in [-0.3, -0.25) is 4.79 Å². The number of amides is 1. The van der Waals surface area contributed by atoms with Crippen LogP contribution in [0.3, 0.4) is 0 Å². The minimum Gasteiger partial charge on any atom is -0.360 e. The van der Waals surface area contributed by atoms with Crippen LogP contribution in [0.2, 0.25) is 0 Å². The molecular weight excluding hydrogens is 346 g/mol. The third kappa shape index (κ3) is 4.77. The molecule has 4 heteroatoms. The molecule has 28 heavy (non-hydrogen) atoms. The van der Waals surface area contributed by atoms with Crippen molar-refractivity contribution in [3.8, 4) is 6.07 Å². The summed E-state index contributed by atoms with van der Waals surface area (Å²) < 4.78 is 0. The number of nitrogens with one attached hydrogen (secondary N) is 2. The first-order valence-electron chi connectivity index (χ1n) is 9.46. The summed E-state index contributed by atoms with van der Waals surface area (Å²) in [4.78, 5) is 12.4. The molecular formula is C24H23N3O. The molecule has 3 aromatic carbocycles. The standard InChI is InChI=1S/C24H23N3O/c1-2-3-7-18-12-14-21(15-13-18)27-24(28)20(16-25)17-26-23-11-6-9-19-8-4-5-10-22(19)23/h4-6,8-15,17,26H,2-3,7H2,1H3,(H,27,28)/b20-17-. The minimum absolute atomic E-state index is 0.0167. The summed E-state index contributed by atoms with van der Waals surface area (Å²) in [6, 6.07) is 23.6. The highest BCUT2D eigenvalue weighted by Crippen LogP contribution is 2.23. The van der Waals surface area contributed by atoms with Crippen molar-refractivity contribution in [3.63, 3.8) is 0 Å². The third-order valence-corrected chi connectivity index (χ3v) is 4.56. The Hall–Kier alpha value is -3.58. The molecule has 3 rings (SSSR count). The molecule has 0 spiro atoms. The Kier molecular flexibility index (Phi) is 6.43. The van der Waals surface area contributed by atoms with E-state index in [2.05, 4.69) is 17.6 Å². The Balaban J connectivity index is 1.70. The highest BCUT2D eigenvalue weighted by atomic mass is 16.1. The van der Waals surface area contributed by atoms with E-state index in [4.69, 9.17) is 0 Å². The van der Waals surface area contributed by atoms with Gasteiger partial charge in [-0.1, -0.05) is 61.9 Å². The lowest BCUT2D eigenvalue weighted by atomic mass is 10.1. The number of carbonyl (C=O) groups excluding carboxylic acids is 1. The molecule has 140 valence electrons. The monoisotopic (exact) mass is 369 g/mol. The first-order valence-corrected chi connectivity index (χ1v) is 9.46. The smallest absolute Gasteiger partial charge is 0.267 e. The Labute approximate surface area is 165 Å². The summed E-state index contributed by atoms with van der Waals surface area (Å²) in [6.45, 7) is 2.16. The number of nitriles is 1. The van der Waals surface area contributed by atoms with Gasteiger partial charge in [0.15, 0.2) is 0 Å². The van der Waals surface area contributed by atoms with Crippen LogP contribution in [0.25, 0.3) is 10.8 Å². The Morgan fingerprint density at radius 2 is 1.79 bits per heavy atom. The largest absolute Gasteiger partial charge is 0.360 e. The van der Waals surface area contributed by atoms with Crippen molar-refractivity contribution in [2.24, 2.45) is 0 Å². The average molecular weight is 369 g/mol. The highest BCUT2D eigenvalue weighted by molar-refractivity contribution is 6.07. The van der Waals surface area contributed by atoms with Gasteiger partial charge in [0.25, 0.3) is 5.91 Å². The predicted octanol–water partition coefficient (Wildman–Crippen LogP) is 5.64. The van der Waals surface area contributed by atoms with Gasteiger partial charge in [-0.05, 0) is 42.0 Å². The number of nitrogens with zero attached hydrogens (tertiary/aromatic N) is 1. The quantitative estimate of drug-likeness (QED) is 0.418. The van der Waals surface area contributed by atoms with E-state index >= 15 is 0 Å². The van der Waals surface area contributed by atoms with Crippen molar-refractivity contribution < 1.29 is 4.79 Å². The average Bonchev–Trinajstić information content (AvgIpc) is 2.74. The second-order valence-corrected chi connectivity index (χ2v) is 6.60. The molecule has 0 aliphatic rings. The normalized spacial score (nSPS) is 11.1. The lowest BCUT2D eigenvalue weighted by Gasteiger charge is -2.08. The van der Waals surface area contributed by atoms with Gasteiger partial charge in [-0.2, -0.15) is 5.26 Å². The molecule has 0 saturated heterocycles. The lowest BCUT2D eigenvalue weighted by Crippen LogP contribution is -2.14. The maximum atomic E-state index is 12.4. The van der Waals surface area contributed by atoms with Gasteiger partial charge in [-0.15, -0.1) is 0 Å². The first-order chi connectivity index (χ1) is 13.7. The molecule has 3 aromatic rings. The fourth-order valence-electron chi connectivity index (χ4n) is 2.98. The topological polar surface area (TPSA) is 64.9 Å². The van der Waals surface area contributed by atoms with Crippen LogP contribution in [0.5, 0.6) is 0 Å². The van der Waals surface area contributed by atoms with Crippen LogP contribution in [-0.4, -0.2) is 5.91 Å². The summed E-state index contributed by atoms with van der Waals surface area (Å²) in [7, 11) is 0. The minimum atomic E-state index is -0.434. The van der Waals surface area contributed by atoms with Crippen molar-refractivity contribution >= 4 is 28.1 Å². The molecule has 0 fully saturated rings. The van der Waals surface area contributed by atoms with E-state index in [0.29, 0.717) is 5.69 Å². The zero-order valence-corrected chi connectivity index (χ0v) is 15.9. The van der Waals surface area contributed by atoms with Crippen LogP contribution in [0.15, 0.2) is 78.5 Å². The fraction of sp³-hybridized carbons (Fsp3) is 0.167. The van der Waals surface area contributed by atoms with Gasteiger partial charge in [0.05, 0.1) is 0 Å². The van der Waals surface area contributed by atoms with E-state index in [1.807, 2.05) is 72.8 Å². The summed E-state index contributed by atoms with van der Waals surface area (Å²) in [6.07, 6.45) is 4.78. The molecule has 1 amide bonds. The van der Waals surface area contributed by atoms with Gasteiger partial charge in [0.1, 0.15) is 11.6 Å². The summed E-state index contributed by atoms with van der Waals surface area (Å²) in [5.74, 6) is -0.434. The Morgan fingerprint density at radius 1 is 1.04 bits per heavy atom.